The molecule has 0 spiro atoms. The molecule has 0 saturated carbocycles. The molecule has 0 aliphatic heterocycles. The second-order valence-electron chi connectivity index (χ2n) is 7.04. The minimum Gasteiger partial charge on any atom is -0.344 e. The molecule has 0 radical (unpaired) electrons. The number of benzene rings is 2. The molecule has 1 atom stereocenters. The van der Waals surface area contributed by atoms with Gasteiger partial charge < -0.3 is 10.2 Å². The van der Waals surface area contributed by atoms with Crippen molar-refractivity contribution in [3.05, 3.63) is 77.9 Å². The van der Waals surface area contributed by atoms with Gasteiger partial charge in [0.2, 0.25) is 5.91 Å². The van der Waals surface area contributed by atoms with Crippen molar-refractivity contribution in [2.24, 2.45) is 0 Å². The molecule has 0 fully saturated rings. The van der Waals surface area contributed by atoms with Crippen LogP contribution >= 0.6 is 0 Å². The second-order valence-corrected chi connectivity index (χ2v) is 7.04. The van der Waals surface area contributed by atoms with Crippen LogP contribution in [0.15, 0.2) is 61.1 Å². The van der Waals surface area contributed by atoms with E-state index in [9.17, 15) is 9.59 Å². The normalized spacial score (nSPS) is 11.6. The first-order chi connectivity index (χ1) is 13.8. The Balaban J connectivity index is 1.97. The van der Waals surface area contributed by atoms with Crippen LogP contribution in [0, 0.1) is 6.92 Å². The minimum absolute atomic E-state index is 0.106. The first-order valence-electron chi connectivity index (χ1n) is 9.38. The number of carbonyl (C=O) groups excluding carboxylic acids is 2. The van der Waals surface area contributed by atoms with Gasteiger partial charge >= 0.3 is 0 Å². The van der Waals surface area contributed by atoms with E-state index in [-0.39, 0.29) is 17.9 Å². The number of aryl methyl sites for hydroxylation is 1. The van der Waals surface area contributed by atoms with Crippen LogP contribution in [0.25, 0.3) is 11.1 Å². The lowest BCUT2D eigenvalue weighted by Gasteiger charge is -2.19. The molecule has 1 aromatic heterocycles. The van der Waals surface area contributed by atoms with Gasteiger partial charge in [0, 0.05) is 37.6 Å². The van der Waals surface area contributed by atoms with E-state index < -0.39 is 0 Å². The maximum atomic E-state index is 12.9. The average Bonchev–Trinajstić information content (AvgIpc) is 2.73. The fraction of sp³-hybridized carbons (Fsp3) is 0.217. The van der Waals surface area contributed by atoms with Crippen LogP contribution in [0.4, 0.5) is 5.69 Å². The number of nitrogens with one attached hydrogen (secondary N) is 1. The Bertz CT molecular complexity index is 1020. The van der Waals surface area contributed by atoms with E-state index in [2.05, 4.69) is 15.3 Å². The highest BCUT2D eigenvalue weighted by Crippen LogP contribution is 2.27. The molecule has 6 heteroatoms. The molecular formula is C23H24N4O2. The predicted molar refractivity (Wildman–Crippen MR) is 114 cm³/mol. The van der Waals surface area contributed by atoms with Crippen molar-refractivity contribution >= 4 is 17.5 Å². The van der Waals surface area contributed by atoms with Crippen LogP contribution < -0.4 is 10.2 Å². The quantitative estimate of drug-likeness (QED) is 0.719. The summed E-state index contributed by atoms with van der Waals surface area (Å²) in [5.74, 6) is -0.347. The minimum atomic E-state index is -0.298. The first kappa shape index (κ1) is 20.2. The molecule has 0 aliphatic carbocycles. The molecule has 29 heavy (non-hydrogen) atoms. The Labute approximate surface area is 170 Å². The number of hydrogen-bond donors (Lipinski definition) is 1. The van der Waals surface area contributed by atoms with Crippen molar-refractivity contribution in [3.8, 4) is 11.1 Å². The van der Waals surface area contributed by atoms with Gasteiger partial charge in [0.25, 0.3) is 5.91 Å². The maximum Gasteiger partial charge on any atom is 0.251 e. The van der Waals surface area contributed by atoms with E-state index in [4.69, 9.17) is 0 Å². The summed E-state index contributed by atoms with van der Waals surface area (Å²) in [6, 6.07) is 13.2. The third kappa shape index (κ3) is 4.85. The van der Waals surface area contributed by atoms with Crippen LogP contribution in [0.1, 0.15) is 41.5 Å². The maximum absolute atomic E-state index is 12.9. The molecular weight excluding hydrogens is 364 g/mol. The van der Waals surface area contributed by atoms with E-state index >= 15 is 0 Å². The fourth-order valence-electron chi connectivity index (χ4n) is 2.92. The monoisotopic (exact) mass is 388 g/mol. The molecule has 0 bridgehead atoms. The molecule has 6 nitrogen and oxygen atoms in total. The molecule has 1 unspecified atom stereocenters. The molecule has 0 aliphatic rings. The van der Waals surface area contributed by atoms with Crippen molar-refractivity contribution in [2.45, 2.75) is 26.8 Å². The summed E-state index contributed by atoms with van der Waals surface area (Å²) >= 11 is 0. The summed E-state index contributed by atoms with van der Waals surface area (Å²) in [5, 5.41) is 2.95. The smallest absolute Gasteiger partial charge is 0.251 e. The molecule has 1 N–H and O–H groups in total. The summed E-state index contributed by atoms with van der Waals surface area (Å²) in [5.41, 5.74) is 4.81. The van der Waals surface area contributed by atoms with Gasteiger partial charge in [0.15, 0.2) is 0 Å². The fourth-order valence-corrected chi connectivity index (χ4v) is 2.92. The van der Waals surface area contributed by atoms with E-state index in [1.165, 1.54) is 11.8 Å². The molecule has 2 amide bonds. The zero-order valence-electron chi connectivity index (χ0n) is 17.0. The van der Waals surface area contributed by atoms with Crippen LogP contribution in [0.3, 0.4) is 0 Å². The van der Waals surface area contributed by atoms with Crippen LogP contribution in [0.2, 0.25) is 0 Å². The van der Waals surface area contributed by atoms with Crippen molar-refractivity contribution in [3.63, 3.8) is 0 Å². The highest BCUT2D eigenvalue weighted by Gasteiger charge is 2.16. The lowest BCUT2D eigenvalue weighted by atomic mass is 10.00. The lowest BCUT2D eigenvalue weighted by Crippen LogP contribution is -2.28. The topological polar surface area (TPSA) is 75.2 Å². The molecule has 148 valence electrons. The summed E-state index contributed by atoms with van der Waals surface area (Å²) in [6.45, 7) is 5.37. The Morgan fingerprint density at radius 3 is 2.38 bits per heavy atom. The van der Waals surface area contributed by atoms with Gasteiger partial charge in [-0.2, -0.15) is 0 Å². The Morgan fingerprint density at radius 2 is 1.76 bits per heavy atom. The summed E-state index contributed by atoms with van der Waals surface area (Å²) in [6.07, 6.45) is 4.81. The van der Waals surface area contributed by atoms with Crippen molar-refractivity contribution in [2.75, 3.05) is 11.9 Å². The SMILES string of the molecule is CC(=O)N(C)c1cc(C(=O)NC(C)c2cnccn2)cc(-c2ccc(C)cc2)c1. The molecule has 2 aromatic carbocycles. The van der Waals surface area contributed by atoms with Crippen LogP contribution in [-0.2, 0) is 4.79 Å². The Hall–Kier alpha value is -3.54. The third-order valence-corrected chi connectivity index (χ3v) is 4.80. The van der Waals surface area contributed by atoms with Crippen molar-refractivity contribution in [1.29, 1.82) is 0 Å². The standard InChI is InChI=1S/C23H24N4O2/c1-15-5-7-18(8-6-15)19-11-20(13-21(12-19)27(4)17(3)28)23(29)26-16(2)22-14-24-9-10-25-22/h5-14,16H,1-4H3,(H,26,29). The largest absolute Gasteiger partial charge is 0.344 e. The highest BCUT2D eigenvalue weighted by molar-refractivity contribution is 5.99. The Morgan fingerprint density at radius 1 is 1.03 bits per heavy atom. The summed E-state index contributed by atoms with van der Waals surface area (Å²) in [4.78, 5) is 34.7. The zero-order chi connectivity index (χ0) is 21.0. The zero-order valence-corrected chi connectivity index (χ0v) is 17.0. The number of amides is 2. The van der Waals surface area contributed by atoms with E-state index in [0.717, 1.165) is 16.7 Å². The van der Waals surface area contributed by atoms with Gasteiger partial charge in [-0.05, 0) is 43.2 Å². The van der Waals surface area contributed by atoms with E-state index in [1.54, 1.807) is 31.7 Å². The van der Waals surface area contributed by atoms with Crippen molar-refractivity contribution in [1.82, 2.24) is 15.3 Å². The van der Waals surface area contributed by atoms with Gasteiger partial charge in [-0.1, -0.05) is 29.8 Å². The van der Waals surface area contributed by atoms with Gasteiger partial charge in [-0.15, -0.1) is 0 Å². The summed E-state index contributed by atoms with van der Waals surface area (Å²) in [7, 11) is 1.69. The van der Waals surface area contributed by atoms with Crippen molar-refractivity contribution < 1.29 is 9.59 Å². The number of carbonyl (C=O) groups is 2. The van der Waals surface area contributed by atoms with Crippen LogP contribution in [-0.4, -0.2) is 28.8 Å². The summed E-state index contributed by atoms with van der Waals surface area (Å²) < 4.78 is 0. The molecule has 0 saturated heterocycles. The van der Waals surface area contributed by atoms with Gasteiger partial charge in [-0.25, -0.2) is 0 Å². The molecule has 3 aromatic rings. The number of anilines is 1. The van der Waals surface area contributed by atoms with E-state index in [1.807, 2.05) is 50.2 Å². The van der Waals surface area contributed by atoms with Gasteiger partial charge in [0.05, 0.1) is 17.9 Å². The van der Waals surface area contributed by atoms with Crippen LogP contribution in [0.5, 0.6) is 0 Å². The van der Waals surface area contributed by atoms with Gasteiger partial charge in [0.1, 0.15) is 0 Å². The number of nitrogens with zero attached hydrogens (tertiary/aromatic N) is 3. The highest BCUT2D eigenvalue weighted by atomic mass is 16.2. The lowest BCUT2D eigenvalue weighted by molar-refractivity contribution is -0.116. The van der Waals surface area contributed by atoms with E-state index in [0.29, 0.717) is 16.9 Å². The molecule has 3 rings (SSSR count). The Kier molecular flexibility index (Phi) is 6.02. The number of aromatic nitrogens is 2. The first-order valence-corrected chi connectivity index (χ1v) is 9.38. The molecule has 1 heterocycles. The number of hydrogen-bond acceptors (Lipinski definition) is 4. The third-order valence-electron chi connectivity index (χ3n) is 4.80. The average molecular weight is 388 g/mol. The second kappa shape index (κ2) is 8.65. The van der Waals surface area contributed by atoms with Gasteiger partial charge in [-0.3, -0.25) is 19.6 Å². The number of rotatable bonds is 5. The predicted octanol–water partition coefficient (Wildman–Crippen LogP) is 3.93.